The lowest BCUT2D eigenvalue weighted by Crippen LogP contribution is -2.12. The van der Waals surface area contributed by atoms with Crippen LogP contribution in [0.25, 0.3) is 11.0 Å². The van der Waals surface area contributed by atoms with Gasteiger partial charge in [0.1, 0.15) is 22.6 Å². The Balaban J connectivity index is 2.11. The van der Waals surface area contributed by atoms with Gasteiger partial charge in [-0.3, -0.25) is 4.99 Å². The molecule has 1 N–H and O–H groups in total. The molecule has 0 amide bonds. The summed E-state index contributed by atoms with van der Waals surface area (Å²) in [4.78, 5) is 16.5. The molecule has 0 bridgehead atoms. The van der Waals surface area contributed by atoms with E-state index < -0.39 is 5.63 Å². The summed E-state index contributed by atoms with van der Waals surface area (Å²) in [6.07, 6.45) is 0. The molecule has 0 saturated heterocycles. The van der Waals surface area contributed by atoms with Gasteiger partial charge in [-0.1, -0.05) is 12.1 Å². The van der Waals surface area contributed by atoms with Gasteiger partial charge in [0, 0.05) is 0 Å². The summed E-state index contributed by atoms with van der Waals surface area (Å²) in [5.74, 6) is 0.598. The van der Waals surface area contributed by atoms with Crippen molar-refractivity contribution in [3.63, 3.8) is 0 Å². The second-order valence-corrected chi connectivity index (χ2v) is 5.00. The van der Waals surface area contributed by atoms with Crippen LogP contribution in [0, 0.1) is 0 Å². The van der Waals surface area contributed by atoms with E-state index in [-0.39, 0.29) is 11.3 Å². The Hall–Kier alpha value is -3.08. The van der Waals surface area contributed by atoms with Gasteiger partial charge in [-0.25, -0.2) is 4.79 Å². The van der Waals surface area contributed by atoms with Crippen molar-refractivity contribution in [3.05, 3.63) is 64.5 Å². The predicted molar refractivity (Wildman–Crippen MR) is 89.0 cm³/mol. The van der Waals surface area contributed by atoms with Gasteiger partial charge in [-0.15, -0.1) is 0 Å². The third kappa shape index (κ3) is 2.81. The summed E-state index contributed by atoms with van der Waals surface area (Å²) in [6, 6.07) is 13.9. The Morgan fingerprint density at radius 3 is 2.52 bits per heavy atom. The number of nitrogens with zero attached hydrogens (tertiary/aromatic N) is 1. The van der Waals surface area contributed by atoms with E-state index in [4.69, 9.17) is 9.15 Å². The molecule has 5 heteroatoms. The third-order valence-electron chi connectivity index (χ3n) is 3.52. The van der Waals surface area contributed by atoms with Gasteiger partial charge >= 0.3 is 5.63 Å². The molecule has 116 valence electrons. The van der Waals surface area contributed by atoms with Crippen LogP contribution in [-0.4, -0.2) is 17.9 Å². The second-order valence-electron chi connectivity index (χ2n) is 5.00. The van der Waals surface area contributed by atoms with Crippen molar-refractivity contribution in [3.8, 4) is 11.5 Å². The molecule has 2 aromatic carbocycles. The Bertz CT molecular complexity index is 939. The van der Waals surface area contributed by atoms with Crippen molar-refractivity contribution in [2.75, 3.05) is 7.11 Å². The van der Waals surface area contributed by atoms with Gasteiger partial charge in [0.05, 0.1) is 23.9 Å². The van der Waals surface area contributed by atoms with Crippen LogP contribution < -0.4 is 10.4 Å². The summed E-state index contributed by atoms with van der Waals surface area (Å²) in [6.45, 7) is 1.66. The molecule has 3 aromatic rings. The van der Waals surface area contributed by atoms with Crippen LogP contribution in [0.1, 0.15) is 12.5 Å². The van der Waals surface area contributed by atoms with Crippen molar-refractivity contribution in [2.24, 2.45) is 4.99 Å². The predicted octanol–water partition coefficient (Wildman–Crippen LogP) is 3.65. The number of ether oxygens (including phenoxy) is 1. The molecule has 0 aliphatic carbocycles. The van der Waals surface area contributed by atoms with E-state index in [9.17, 15) is 9.90 Å². The van der Waals surface area contributed by atoms with Gasteiger partial charge in [0.25, 0.3) is 0 Å². The molecule has 0 atom stereocenters. The maximum atomic E-state index is 12.2. The molecular weight excluding hydrogens is 294 g/mol. The van der Waals surface area contributed by atoms with E-state index in [0.29, 0.717) is 22.4 Å². The van der Waals surface area contributed by atoms with Crippen LogP contribution in [0.15, 0.2) is 62.7 Å². The Labute approximate surface area is 132 Å². The number of hydrogen-bond donors (Lipinski definition) is 1. The molecule has 23 heavy (non-hydrogen) atoms. The average Bonchev–Trinajstić information content (AvgIpc) is 2.55. The van der Waals surface area contributed by atoms with E-state index in [2.05, 4.69) is 4.99 Å². The Kier molecular flexibility index (Phi) is 3.85. The van der Waals surface area contributed by atoms with E-state index in [0.717, 1.165) is 5.75 Å². The van der Waals surface area contributed by atoms with Crippen molar-refractivity contribution < 1.29 is 14.3 Å². The monoisotopic (exact) mass is 309 g/mol. The number of aliphatic imine (C=N–C) groups is 1. The number of para-hydroxylation sites is 1. The second kappa shape index (κ2) is 5.96. The van der Waals surface area contributed by atoms with Gasteiger partial charge in [-0.05, 0) is 43.3 Å². The first-order valence-electron chi connectivity index (χ1n) is 7.04. The molecule has 0 saturated carbocycles. The fourth-order valence-electron chi connectivity index (χ4n) is 2.36. The number of hydrogen-bond acceptors (Lipinski definition) is 5. The van der Waals surface area contributed by atoms with Crippen LogP contribution in [-0.2, 0) is 0 Å². The molecule has 1 aromatic heterocycles. The number of aromatic hydroxyl groups is 1. The van der Waals surface area contributed by atoms with Gasteiger partial charge in [0.15, 0.2) is 0 Å². The van der Waals surface area contributed by atoms with Crippen molar-refractivity contribution in [1.29, 1.82) is 0 Å². The molecule has 0 radical (unpaired) electrons. The maximum absolute atomic E-state index is 12.2. The number of methoxy groups -OCH3 is 1. The Morgan fingerprint density at radius 1 is 1.13 bits per heavy atom. The highest BCUT2D eigenvalue weighted by molar-refractivity contribution is 6.05. The molecule has 0 spiro atoms. The third-order valence-corrected chi connectivity index (χ3v) is 3.52. The normalized spacial score (nSPS) is 11.7. The molecule has 5 nitrogen and oxygen atoms in total. The Morgan fingerprint density at radius 2 is 1.83 bits per heavy atom. The maximum Gasteiger partial charge on any atom is 0.349 e. The summed E-state index contributed by atoms with van der Waals surface area (Å²) < 4.78 is 10.3. The van der Waals surface area contributed by atoms with Gasteiger partial charge in [0.2, 0.25) is 0 Å². The average molecular weight is 309 g/mol. The highest BCUT2D eigenvalue weighted by Crippen LogP contribution is 2.27. The van der Waals surface area contributed by atoms with E-state index >= 15 is 0 Å². The van der Waals surface area contributed by atoms with Crippen molar-refractivity contribution >= 4 is 22.4 Å². The van der Waals surface area contributed by atoms with Crippen molar-refractivity contribution in [2.45, 2.75) is 6.92 Å². The van der Waals surface area contributed by atoms with Gasteiger partial charge in [-0.2, -0.15) is 0 Å². The van der Waals surface area contributed by atoms with Crippen LogP contribution in [0.2, 0.25) is 0 Å². The highest BCUT2D eigenvalue weighted by Gasteiger charge is 2.16. The first-order chi connectivity index (χ1) is 11.1. The van der Waals surface area contributed by atoms with E-state index in [1.54, 1.807) is 62.6 Å². The van der Waals surface area contributed by atoms with E-state index in [1.165, 1.54) is 0 Å². The minimum Gasteiger partial charge on any atom is -0.506 e. The van der Waals surface area contributed by atoms with Crippen LogP contribution in [0.5, 0.6) is 11.5 Å². The molecular formula is C18H15NO4. The summed E-state index contributed by atoms with van der Waals surface area (Å²) in [5, 5.41) is 10.9. The van der Waals surface area contributed by atoms with E-state index in [1.807, 2.05) is 0 Å². The summed E-state index contributed by atoms with van der Waals surface area (Å²) in [7, 11) is 1.59. The zero-order chi connectivity index (χ0) is 16.4. The molecule has 0 unspecified atom stereocenters. The quantitative estimate of drug-likeness (QED) is 0.592. The minimum atomic E-state index is -0.615. The lowest BCUT2D eigenvalue weighted by atomic mass is 10.1. The largest absolute Gasteiger partial charge is 0.506 e. The minimum absolute atomic E-state index is 0.0690. The summed E-state index contributed by atoms with van der Waals surface area (Å²) in [5.41, 5.74) is 0.828. The standard InChI is InChI=1S/C18H15NO4/c1-11(19-12-7-9-13(22-2)10-8-12)16-17(20)14-5-3-4-6-15(14)23-18(16)21/h3-10,20H,1-2H3. The number of fused-ring (bicyclic) bond motifs is 1. The highest BCUT2D eigenvalue weighted by atomic mass is 16.5. The van der Waals surface area contributed by atoms with Gasteiger partial charge < -0.3 is 14.3 Å². The molecule has 0 fully saturated rings. The van der Waals surface area contributed by atoms with Crippen LogP contribution in [0.4, 0.5) is 5.69 Å². The molecule has 3 rings (SSSR count). The smallest absolute Gasteiger partial charge is 0.349 e. The zero-order valence-corrected chi connectivity index (χ0v) is 12.7. The fourth-order valence-corrected chi connectivity index (χ4v) is 2.36. The SMILES string of the molecule is COc1ccc(N=C(C)c2c(O)c3ccccc3oc2=O)cc1. The fraction of sp³-hybridized carbons (Fsp3) is 0.111. The molecule has 0 aliphatic rings. The number of rotatable bonds is 3. The van der Waals surface area contributed by atoms with Crippen LogP contribution >= 0.6 is 0 Å². The molecule has 0 aliphatic heterocycles. The lowest BCUT2D eigenvalue weighted by molar-refractivity contribution is 0.415. The number of benzene rings is 2. The summed E-state index contributed by atoms with van der Waals surface area (Å²) >= 11 is 0. The molecule has 1 heterocycles. The topological polar surface area (TPSA) is 72.0 Å². The lowest BCUT2D eigenvalue weighted by Gasteiger charge is -2.06. The first-order valence-corrected chi connectivity index (χ1v) is 7.04. The zero-order valence-electron chi connectivity index (χ0n) is 12.7. The first kappa shape index (κ1) is 14.8. The van der Waals surface area contributed by atoms with Crippen molar-refractivity contribution in [1.82, 2.24) is 0 Å². The van der Waals surface area contributed by atoms with Crippen LogP contribution in [0.3, 0.4) is 0 Å².